The van der Waals surface area contributed by atoms with Crippen LogP contribution in [0.15, 0.2) is 58.9 Å². The van der Waals surface area contributed by atoms with Gasteiger partial charge in [0, 0.05) is 30.2 Å². The van der Waals surface area contributed by atoms with Crippen molar-refractivity contribution in [2.75, 3.05) is 35.1 Å². The van der Waals surface area contributed by atoms with Gasteiger partial charge >= 0.3 is 5.97 Å². The number of carboxylic acid groups (broad SMARTS) is 1. The lowest BCUT2D eigenvalue weighted by Crippen LogP contribution is -2.42. The van der Waals surface area contributed by atoms with Gasteiger partial charge in [-0.1, -0.05) is 18.2 Å². The number of anilines is 3. The maximum Gasteiger partial charge on any atom is 0.335 e. The summed E-state index contributed by atoms with van der Waals surface area (Å²) in [5.41, 5.74) is 1.19. The molecule has 3 N–H and O–H groups in total. The molecule has 33 heavy (non-hydrogen) atoms. The molecular formula is C22H24N4O5S2. The van der Waals surface area contributed by atoms with E-state index in [1.54, 1.807) is 0 Å². The zero-order chi connectivity index (χ0) is 23.4. The largest absolute Gasteiger partial charge is 0.495 e. The lowest BCUT2D eigenvalue weighted by atomic mass is 10.1. The molecular weight excluding hydrogens is 464 g/mol. The van der Waals surface area contributed by atoms with Crippen molar-refractivity contribution in [2.45, 2.75) is 23.9 Å². The highest BCUT2D eigenvalue weighted by atomic mass is 32.2. The number of ether oxygens (including phenoxy) is 1. The summed E-state index contributed by atoms with van der Waals surface area (Å²) in [4.78, 5) is 17.6. The fraction of sp³-hybridized carbons (Fsp3) is 0.273. The molecule has 1 aliphatic rings. The molecule has 2 heterocycles. The number of benzene rings is 2. The Morgan fingerprint density at radius 3 is 2.76 bits per heavy atom. The predicted molar refractivity (Wildman–Crippen MR) is 128 cm³/mol. The lowest BCUT2D eigenvalue weighted by molar-refractivity contribution is 0.0696. The first-order chi connectivity index (χ1) is 15.9. The fourth-order valence-corrected chi connectivity index (χ4v) is 5.87. The Balaban J connectivity index is 1.47. The van der Waals surface area contributed by atoms with Gasteiger partial charge in [0.15, 0.2) is 10.2 Å². The minimum atomic E-state index is -3.98. The van der Waals surface area contributed by atoms with Gasteiger partial charge in [-0.3, -0.25) is 4.72 Å². The molecule has 1 saturated heterocycles. The van der Waals surface area contributed by atoms with E-state index < -0.39 is 16.0 Å². The molecule has 3 aromatic rings. The monoisotopic (exact) mass is 488 g/mol. The van der Waals surface area contributed by atoms with E-state index in [-0.39, 0.29) is 28.1 Å². The minimum Gasteiger partial charge on any atom is -0.495 e. The second kappa shape index (κ2) is 9.67. The number of thiazole rings is 1. The maximum absolute atomic E-state index is 12.9. The molecule has 0 aliphatic carbocycles. The third kappa shape index (κ3) is 5.37. The van der Waals surface area contributed by atoms with Gasteiger partial charge in [-0.05, 0) is 43.2 Å². The Labute approximate surface area is 196 Å². The summed E-state index contributed by atoms with van der Waals surface area (Å²) in [7, 11) is -2.64. The Hall–Kier alpha value is -3.31. The van der Waals surface area contributed by atoms with Crippen LogP contribution in [0.25, 0.3) is 0 Å². The topological polar surface area (TPSA) is 121 Å². The van der Waals surface area contributed by atoms with Crippen molar-refractivity contribution in [3.63, 3.8) is 0 Å². The Morgan fingerprint density at radius 1 is 1.24 bits per heavy atom. The van der Waals surface area contributed by atoms with Crippen LogP contribution >= 0.6 is 11.3 Å². The number of carboxylic acids is 1. The van der Waals surface area contributed by atoms with Crippen LogP contribution in [0.4, 0.5) is 16.5 Å². The average molecular weight is 489 g/mol. The van der Waals surface area contributed by atoms with Gasteiger partial charge < -0.3 is 20.1 Å². The van der Waals surface area contributed by atoms with E-state index in [1.165, 1.54) is 42.0 Å². The summed E-state index contributed by atoms with van der Waals surface area (Å²) in [6.45, 7) is 1.53. The summed E-state index contributed by atoms with van der Waals surface area (Å²) in [6.07, 6.45) is 1.99. The highest BCUT2D eigenvalue weighted by Gasteiger charge is 2.26. The van der Waals surface area contributed by atoms with Gasteiger partial charge in [-0.25, -0.2) is 9.78 Å². The van der Waals surface area contributed by atoms with Crippen LogP contribution in [0.1, 0.15) is 23.2 Å². The van der Waals surface area contributed by atoms with Gasteiger partial charge in [0.05, 0.1) is 18.4 Å². The van der Waals surface area contributed by atoms with Gasteiger partial charge in [0.25, 0.3) is 10.0 Å². The number of rotatable bonds is 8. The Morgan fingerprint density at radius 2 is 2.03 bits per heavy atom. The van der Waals surface area contributed by atoms with Crippen molar-refractivity contribution in [3.8, 4) is 5.75 Å². The number of hydrogen-bond acceptors (Lipinski definition) is 8. The van der Waals surface area contributed by atoms with Crippen LogP contribution in [0.2, 0.25) is 0 Å². The van der Waals surface area contributed by atoms with Crippen LogP contribution < -0.4 is 19.7 Å². The summed E-state index contributed by atoms with van der Waals surface area (Å²) in [5.74, 6) is -1.02. The van der Waals surface area contributed by atoms with Crippen molar-refractivity contribution in [1.29, 1.82) is 0 Å². The number of nitrogens with zero attached hydrogens (tertiary/aromatic N) is 2. The van der Waals surface area contributed by atoms with E-state index in [2.05, 4.69) is 19.9 Å². The predicted octanol–water partition coefficient (Wildman–Crippen LogP) is 3.73. The van der Waals surface area contributed by atoms with E-state index >= 15 is 0 Å². The van der Waals surface area contributed by atoms with Crippen molar-refractivity contribution in [2.24, 2.45) is 0 Å². The number of hydrogen-bond donors (Lipinski definition) is 3. The lowest BCUT2D eigenvalue weighted by Gasteiger charge is -2.33. The van der Waals surface area contributed by atoms with Gasteiger partial charge in [-0.2, -0.15) is 8.42 Å². The van der Waals surface area contributed by atoms with Crippen molar-refractivity contribution in [1.82, 2.24) is 4.98 Å². The van der Waals surface area contributed by atoms with Gasteiger partial charge in [0.1, 0.15) is 5.75 Å². The number of nitrogens with one attached hydrogen (secondary N) is 2. The van der Waals surface area contributed by atoms with Crippen molar-refractivity contribution >= 4 is 43.8 Å². The third-order valence-electron chi connectivity index (χ3n) is 5.28. The average Bonchev–Trinajstić information content (AvgIpc) is 3.31. The smallest absolute Gasteiger partial charge is 0.335 e. The molecule has 1 aliphatic heterocycles. The SMILES string of the molecule is COc1cc(C(=O)O)ccc1NS(=O)(=O)c1csc(N2CCCC(Nc3ccccc3)C2)n1. The second-order valence-electron chi connectivity index (χ2n) is 7.59. The van der Waals surface area contributed by atoms with E-state index in [1.807, 2.05) is 30.3 Å². The molecule has 0 radical (unpaired) electrons. The fourth-order valence-electron chi connectivity index (χ4n) is 3.66. The summed E-state index contributed by atoms with van der Waals surface area (Å²) in [5, 5.41) is 14.7. The number of piperidine rings is 1. The number of methoxy groups -OCH3 is 1. The molecule has 2 aromatic carbocycles. The summed E-state index contributed by atoms with van der Waals surface area (Å²) in [6, 6.07) is 14.2. The Kier molecular flexibility index (Phi) is 6.70. The Bertz CT molecular complexity index is 1230. The molecule has 9 nitrogen and oxygen atoms in total. The molecule has 1 aromatic heterocycles. The molecule has 0 bridgehead atoms. The first-order valence-electron chi connectivity index (χ1n) is 10.3. The zero-order valence-corrected chi connectivity index (χ0v) is 19.5. The number of carbonyl (C=O) groups is 1. The van der Waals surface area contributed by atoms with E-state index in [0.717, 1.165) is 31.6 Å². The molecule has 0 amide bonds. The normalized spacial score (nSPS) is 16.3. The molecule has 11 heteroatoms. The van der Waals surface area contributed by atoms with Crippen LogP contribution in [-0.2, 0) is 10.0 Å². The van der Waals surface area contributed by atoms with E-state index in [4.69, 9.17) is 9.84 Å². The van der Waals surface area contributed by atoms with Gasteiger partial charge in [-0.15, -0.1) is 11.3 Å². The highest BCUT2D eigenvalue weighted by Crippen LogP contribution is 2.31. The van der Waals surface area contributed by atoms with Crippen LogP contribution in [0.5, 0.6) is 5.75 Å². The highest BCUT2D eigenvalue weighted by molar-refractivity contribution is 7.92. The molecule has 0 spiro atoms. The molecule has 1 atom stereocenters. The first kappa shape index (κ1) is 22.9. The van der Waals surface area contributed by atoms with Crippen LogP contribution in [0.3, 0.4) is 0 Å². The first-order valence-corrected chi connectivity index (χ1v) is 12.7. The molecule has 174 valence electrons. The van der Waals surface area contributed by atoms with Gasteiger partial charge in [0.2, 0.25) is 0 Å². The van der Waals surface area contributed by atoms with E-state index in [0.29, 0.717) is 5.13 Å². The van der Waals surface area contributed by atoms with Crippen LogP contribution in [-0.4, -0.2) is 50.7 Å². The summed E-state index contributed by atoms with van der Waals surface area (Å²) < 4.78 is 33.4. The standard InChI is InChI=1S/C22H24N4O5S2/c1-31-19-12-15(21(27)28)9-10-18(19)25-33(29,30)20-14-32-22(24-20)26-11-5-8-17(13-26)23-16-6-3-2-4-7-16/h2-4,6-7,9-10,12,14,17,23,25H,5,8,11,13H2,1H3,(H,27,28). The molecule has 1 unspecified atom stereocenters. The number of aromatic nitrogens is 1. The number of sulfonamides is 1. The quantitative estimate of drug-likeness (QED) is 0.439. The second-order valence-corrected chi connectivity index (χ2v) is 10.1. The van der Waals surface area contributed by atoms with Crippen molar-refractivity contribution < 1.29 is 23.1 Å². The number of aromatic carboxylic acids is 1. The maximum atomic E-state index is 12.9. The summed E-state index contributed by atoms with van der Waals surface area (Å²) >= 11 is 1.28. The van der Waals surface area contributed by atoms with Crippen LogP contribution in [0, 0.1) is 0 Å². The van der Waals surface area contributed by atoms with Crippen molar-refractivity contribution in [3.05, 3.63) is 59.5 Å². The molecule has 4 rings (SSSR count). The third-order valence-corrected chi connectivity index (χ3v) is 7.57. The minimum absolute atomic E-state index is 0.00509. The zero-order valence-electron chi connectivity index (χ0n) is 17.9. The molecule has 0 saturated carbocycles. The van der Waals surface area contributed by atoms with E-state index in [9.17, 15) is 13.2 Å². The molecule has 1 fully saturated rings. The number of para-hydroxylation sites is 1.